The molecule has 5 nitrogen and oxygen atoms in total. The Morgan fingerprint density at radius 3 is 2.52 bits per heavy atom. The van der Waals surface area contributed by atoms with Crippen molar-refractivity contribution in [2.24, 2.45) is 0 Å². The van der Waals surface area contributed by atoms with Crippen LogP contribution in [0.3, 0.4) is 0 Å². The lowest BCUT2D eigenvalue weighted by atomic mass is 10.2. The molecule has 122 valence electrons. The maximum atomic E-state index is 11.9. The molecule has 0 radical (unpaired) electrons. The zero-order valence-electron chi connectivity index (χ0n) is 13.1. The Balaban J connectivity index is 1.87. The molecule has 0 spiro atoms. The maximum Gasteiger partial charge on any atom is 0.321 e. The number of hydrogen-bond donors (Lipinski definition) is 2. The van der Waals surface area contributed by atoms with Crippen molar-refractivity contribution in [2.75, 3.05) is 18.7 Å². The number of aryl methyl sites for hydroxylation is 1. The van der Waals surface area contributed by atoms with Gasteiger partial charge in [-0.3, -0.25) is 0 Å². The summed E-state index contributed by atoms with van der Waals surface area (Å²) >= 11 is 5.92. The number of carbonyl (C=O) groups is 1. The number of benzene rings is 2. The molecule has 0 fully saturated rings. The van der Waals surface area contributed by atoms with Gasteiger partial charge >= 0.3 is 6.03 Å². The lowest BCUT2D eigenvalue weighted by molar-refractivity contribution is 0.229. The summed E-state index contributed by atoms with van der Waals surface area (Å²) in [6.45, 7) is 4.36. The van der Waals surface area contributed by atoms with Crippen LogP contribution in [0.2, 0.25) is 5.02 Å². The Labute approximate surface area is 140 Å². The van der Waals surface area contributed by atoms with Gasteiger partial charge in [-0.15, -0.1) is 0 Å². The van der Waals surface area contributed by atoms with Gasteiger partial charge in [-0.2, -0.15) is 0 Å². The fourth-order valence-electron chi connectivity index (χ4n) is 1.92. The largest absolute Gasteiger partial charge is 0.490 e. The van der Waals surface area contributed by atoms with Gasteiger partial charge < -0.3 is 20.1 Å². The normalized spacial score (nSPS) is 10.0. The number of nitrogens with one attached hydrogen (secondary N) is 2. The van der Waals surface area contributed by atoms with E-state index in [2.05, 4.69) is 10.6 Å². The number of hydrogen-bond acceptors (Lipinski definition) is 3. The minimum atomic E-state index is -0.371. The van der Waals surface area contributed by atoms with Gasteiger partial charge in [-0.1, -0.05) is 29.8 Å². The Hall–Kier alpha value is -2.40. The molecule has 0 unspecified atom stereocenters. The number of carbonyl (C=O) groups excluding carboxylic acids is 1. The van der Waals surface area contributed by atoms with E-state index >= 15 is 0 Å². The SMILES string of the molecule is CCOc1ccccc1OCNC(=O)Nc1cc(Cl)ccc1C. The molecule has 0 saturated carbocycles. The van der Waals surface area contributed by atoms with Crippen LogP contribution >= 0.6 is 11.6 Å². The first-order chi connectivity index (χ1) is 11.1. The molecule has 0 atom stereocenters. The quantitative estimate of drug-likeness (QED) is 0.778. The first-order valence-corrected chi connectivity index (χ1v) is 7.63. The molecule has 6 heteroatoms. The third-order valence-corrected chi connectivity index (χ3v) is 3.29. The standard InChI is InChI=1S/C17H19ClN2O3/c1-3-22-15-6-4-5-7-16(15)23-11-19-17(21)20-14-10-13(18)9-8-12(14)2/h4-10H,3,11H2,1-2H3,(H2,19,20,21). The average Bonchev–Trinajstić information content (AvgIpc) is 2.53. The number of rotatable bonds is 6. The van der Waals surface area contributed by atoms with Crippen LogP contribution in [0.1, 0.15) is 12.5 Å². The fraction of sp³-hybridized carbons (Fsp3) is 0.235. The first kappa shape index (κ1) is 17.0. The number of urea groups is 1. The van der Waals surface area contributed by atoms with Gasteiger partial charge in [0, 0.05) is 10.7 Å². The molecule has 0 aliphatic carbocycles. The summed E-state index contributed by atoms with van der Waals surface area (Å²) in [6.07, 6.45) is 0. The number of amides is 2. The predicted octanol–water partition coefficient (Wildman–Crippen LogP) is 4.21. The average molecular weight is 335 g/mol. The zero-order chi connectivity index (χ0) is 16.7. The van der Waals surface area contributed by atoms with E-state index in [-0.39, 0.29) is 12.8 Å². The summed E-state index contributed by atoms with van der Waals surface area (Å²) in [7, 11) is 0. The molecule has 2 aromatic rings. The lowest BCUT2D eigenvalue weighted by Gasteiger charge is -2.13. The third-order valence-electron chi connectivity index (χ3n) is 3.06. The summed E-state index contributed by atoms with van der Waals surface area (Å²) < 4.78 is 11.0. The van der Waals surface area contributed by atoms with E-state index in [9.17, 15) is 4.79 Å². The molecule has 0 bridgehead atoms. The molecule has 2 amide bonds. The van der Waals surface area contributed by atoms with Crippen LogP contribution in [-0.2, 0) is 0 Å². The van der Waals surface area contributed by atoms with Gasteiger partial charge in [0.2, 0.25) is 0 Å². The van der Waals surface area contributed by atoms with Crippen molar-refractivity contribution in [3.63, 3.8) is 0 Å². The van der Waals surface area contributed by atoms with Crippen LogP contribution in [0.15, 0.2) is 42.5 Å². The minimum absolute atomic E-state index is 0.0233. The highest BCUT2D eigenvalue weighted by Gasteiger charge is 2.07. The van der Waals surface area contributed by atoms with Crippen molar-refractivity contribution in [3.8, 4) is 11.5 Å². The summed E-state index contributed by atoms with van der Waals surface area (Å²) in [4.78, 5) is 11.9. The number of ether oxygens (including phenoxy) is 2. The highest BCUT2D eigenvalue weighted by atomic mass is 35.5. The second-order valence-corrected chi connectivity index (χ2v) is 5.20. The summed E-state index contributed by atoms with van der Waals surface area (Å²) in [6, 6.07) is 12.2. The molecule has 2 aromatic carbocycles. The lowest BCUT2D eigenvalue weighted by Crippen LogP contribution is -2.32. The van der Waals surface area contributed by atoms with Crippen LogP contribution in [0.4, 0.5) is 10.5 Å². The second kappa shape index (κ2) is 8.29. The summed E-state index contributed by atoms with van der Waals surface area (Å²) in [5.74, 6) is 1.22. The van der Waals surface area contributed by atoms with Crippen LogP contribution in [0.5, 0.6) is 11.5 Å². The van der Waals surface area contributed by atoms with Gasteiger partial charge in [0.1, 0.15) is 0 Å². The minimum Gasteiger partial charge on any atom is -0.490 e. The van der Waals surface area contributed by atoms with Crippen LogP contribution in [0.25, 0.3) is 0 Å². The molecule has 23 heavy (non-hydrogen) atoms. The van der Waals surface area contributed by atoms with Crippen molar-refractivity contribution in [1.29, 1.82) is 0 Å². The van der Waals surface area contributed by atoms with E-state index in [0.717, 1.165) is 5.56 Å². The Morgan fingerprint density at radius 2 is 1.83 bits per heavy atom. The maximum absolute atomic E-state index is 11.9. The highest BCUT2D eigenvalue weighted by molar-refractivity contribution is 6.31. The van der Waals surface area contributed by atoms with E-state index < -0.39 is 0 Å². The van der Waals surface area contributed by atoms with Crippen molar-refractivity contribution < 1.29 is 14.3 Å². The molecular formula is C17H19ClN2O3. The molecule has 0 saturated heterocycles. The Bertz CT molecular complexity index is 677. The molecule has 0 aromatic heterocycles. The van der Waals surface area contributed by atoms with Crippen molar-refractivity contribution >= 4 is 23.3 Å². The number of para-hydroxylation sites is 2. The van der Waals surface area contributed by atoms with Crippen molar-refractivity contribution in [3.05, 3.63) is 53.1 Å². The van der Waals surface area contributed by atoms with Gasteiger partial charge in [0.25, 0.3) is 0 Å². The topological polar surface area (TPSA) is 59.6 Å². The molecule has 2 N–H and O–H groups in total. The van der Waals surface area contributed by atoms with Crippen molar-refractivity contribution in [1.82, 2.24) is 5.32 Å². The van der Waals surface area contributed by atoms with Crippen LogP contribution in [-0.4, -0.2) is 19.4 Å². The van der Waals surface area contributed by atoms with Crippen molar-refractivity contribution in [2.45, 2.75) is 13.8 Å². The zero-order valence-corrected chi connectivity index (χ0v) is 13.8. The smallest absolute Gasteiger partial charge is 0.321 e. The third kappa shape index (κ3) is 5.07. The molecular weight excluding hydrogens is 316 g/mol. The first-order valence-electron chi connectivity index (χ1n) is 7.25. The number of halogens is 1. The number of anilines is 1. The van der Waals surface area contributed by atoms with Gasteiger partial charge in [0.05, 0.1) is 6.61 Å². The van der Waals surface area contributed by atoms with Gasteiger partial charge in [-0.05, 0) is 43.7 Å². The monoisotopic (exact) mass is 334 g/mol. The predicted molar refractivity (Wildman–Crippen MR) is 91.4 cm³/mol. The Kier molecular flexibility index (Phi) is 6.11. The van der Waals surface area contributed by atoms with Gasteiger partial charge in [-0.25, -0.2) is 4.79 Å². The van der Waals surface area contributed by atoms with E-state index in [1.165, 1.54) is 0 Å². The molecule has 0 aliphatic heterocycles. The van der Waals surface area contributed by atoms with E-state index in [0.29, 0.717) is 28.8 Å². The van der Waals surface area contributed by atoms with E-state index in [1.54, 1.807) is 18.2 Å². The molecule has 0 heterocycles. The van der Waals surface area contributed by atoms with E-state index in [1.807, 2.05) is 38.1 Å². The van der Waals surface area contributed by atoms with E-state index in [4.69, 9.17) is 21.1 Å². The highest BCUT2D eigenvalue weighted by Crippen LogP contribution is 2.26. The van der Waals surface area contributed by atoms with Gasteiger partial charge in [0.15, 0.2) is 18.2 Å². The Morgan fingerprint density at radius 1 is 1.13 bits per heavy atom. The molecule has 2 rings (SSSR count). The fourth-order valence-corrected chi connectivity index (χ4v) is 2.09. The summed E-state index contributed by atoms with van der Waals surface area (Å²) in [5, 5.41) is 5.92. The van der Waals surface area contributed by atoms with Crippen LogP contribution < -0.4 is 20.1 Å². The second-order valence-electron chi connectivity index (χ2n) is 4.76. The molecule has 0 aliphatic rings. The summed E-state index contributed by atoms with van der Waals surface area (Å²) in [5.41, 5.74) is 1.58. The van der Waals surface area contributed by atoms with Crippen LogP contribution in [0, 0.1) is 6.92 Å².